The Balaban J connectivity index is 1.30. The zero-order valence-corrected chi connectivity index (χ0v) is 28.1. The topological polar surface area (TPSA) is 118 Å². The number of rotatable bonds is 11. The Morgan fingerprint density at radius 2 is 2.00 bits per heavy atom. The van der Waals surface area contributed by atoms with E-state index in [9.17, 15) is 19.5 Å². The number of ether oxygens (including phenoxy) is 2. The number of carbonyl (C=O) groups excluding carboxylic acids is 3. The molecule has 2 aliphatic carbocycles. The van der Waals surface area contributed by atoms with Crippen LogP contribution in [0, 0.1) is 17.8 Å². The minimum Gasteiger partial charge on any atom is -0.508 e. The van der Waals surface area contributed by atoms with E-state index in [2.05, 4.69) is 5.32 Å². The van der Waals surface area contributed by atoms with Gasteiger partial charge in [0.2, 0.25) is 5.91 Å². The SMILES string of the molecule is COc1cc(O)cc(-c2cc(CCCNC(=O)[C@@H](C)CC(=O)OC(C)(C)C)c(/C=C3\SC(=S)N(C4CC5CCC4C5)C3=O)o2)c1. The first-order chi connectivity index (χ1) is 21.3. The summed E-state index contributed by atoms with van der Waals surface area (Å²) in [7, 11) is 1.53. The summed E-state index contributed by atoms with van der Waals surface area (Å²) in [5.41, 5.74) is 0.883. The number of nitrogens with one attached hydrogen (secondary N) is 1. The number of amides is 2. The van der Waals surface area contributed by atoms with E-state index in [1.54, 1.807) is 45.9 Å². The van der Waals surface area contributed by atoms with Gasteiger partial charge in [-0.15, -0.1) is 0 Å². The predicted molar refractivity (Wildman–Crippen MR) is 178 cm³/mol. The normalized spacial score (nSPS) is 22.7. The van der Waals surface area contributed by atoms with E-state index in [0.717, 1.165) is 18.4 Å². The average molecular weight is 655 g/mol. The molecule has 0 spiro atoms. The van der Waals surface area contributed by atoms with Gasteiger partial charge in [-0.25, -0.2) is 0 Å². The summed E-state index contributed by atoms with van der Waals surface area (Å²) in [6.45, 7) is 7.48. The number of esters is 1. The molecule has 242 valence electrons. The lowest BCUT2D eigenvalue weighted by Gasteiger charge is -2.30. The van der Waals surface area contributed by atoms with Crippen LogP contribution in [0.3, 0.4) is 0 Å². The minimum absolute atomic E-state index is 0.00608. The van der Waals surface area contributed by atoms with Crippen LogP contribution in [-0.4, -0.2) is 57.4 Å². The number of thioether (sulfide) groups is 1. The Labute approximate surface area is 274 Å². The van der Waals surface area contributed by atoms with Gasteiger partial charge in [-0.3, -0.25) is 19.3 Å². The van der Waals surface area contributed by atoms with Gasteiger partial charge in [0.1, 0.15) is 32.9 Å². The van der Waals surface area contributed by atoms with E-state index < -0.39 is 17.5 Å². The van der Waals surface area contributed by atoms with Crippen molar-refractivity contribution in [2.24, 2.45) is 17.8 Å². The molecule has 4 atom stereocenters. The van der Waals surface area contributed by atoms with Crippen LogP contribution in [0.1, 0.15) is 77.5 Å². The number of aromatic hydroxyl groups is 1. The van der Waals surface area contributed by atoms with E-state index in [0.29, 0.717) is 63.3 Å². The number of benzene rings is 1. The number of phenols is 1. The van der Waals surface area contributed by atoms with Crippen molar-refractivity contribution in [1.82, 2.24) is 10.2 Å². The van der Waals surface area contributed by atoms with Gasteiger partial charge in [0.15, 0.2) is 0 Å². The summed E-state index contributed by atoms with van der Waals surface area (Å²) < 4.78 is 17.6. The summed E-state index contributed by atoms with van der Waals surface area (Å²) in [5.74, 6) is 1.57. The second kappa shape index (κ2) is 13.6. The Morgan fingerprint density at radius 3 is 2.67 bits per heavy atom. The highest BCUT2D eigenvalue weighted by molar-refractivity contribution is 8.26. The van der Waals surface area contributed by atoms with Gasteiger partial charge >= 0.3 is 5.97 Å². The first-order valence-electron chi connectivity index (χ1n) is 15.6. The molecule has 2 aromatic rings. The van der Waals surface area contributed by atoms with Crippen molar-refractivity contribution < 1.29 is 33.4 Å². The maximum atomic E-state index is 13.6. The molecule has 0 radical (unpaired) electrons. The van der Waals surface area contributed by atoms with Crippen LogP contribution < -0.4 is 10.1 Å². The van der Waals surface area contributed by atoms with Crippen LogP contribution in [0.15, 0.2) is 33.6 Å². The minimum atomic E-state index is -0.603. The predicted octanol–water partition coefficient (Wildman–Crippen LogP) is 6.47. The highest BCUT2D eigenvalue weighted by atomic mass is 32.2. The molecule has 2 N–H and O–H groups in total. The molecule has 2 bridgehead atoms. The zero-order chi connectivity index (χ0) is 32.5. The quantitative estimate of drug-likeness (QED) is 0.122. The van der Waals surface area contributed by atoms with E-state index in [1.165, 1.54) is 37.8 Å². The fourth-order valence-electron chi connectivity index (χ4n) is 6.55. The molecule has 45 heavy (non-hydrogen) atoms. The van der Waals surface area contributed by atoms with Gasteiger partial charge in [0.05, 0.1) is 18.4 Å². The molecular formula is C34H42N2O7S2. The van der Waals surface area contributed by atoms with Gasteiger partial charge in [0.25, 0.3) is 5.91 Å². The lowest BCUT2D eigenvalue weighted by Crippen LogP contribution is -2.41. The highest BCUT2D eigenvalue weighted by Crippen LogP contribution is 2.49. The molecular weight excluding hydrogens is 613 g/mol. The first-order valence-corrected chi connectivity index (χ1v) is 16.8. The first kappa shape index (κ1) is 33.1. The van der Waals surface area contributed by atoms with Gasteiger partial charge < -0.3 is 24.3 Å². The van der Waals surface area contributed by atoms with Crippen LogP contribution in [0.4, 0.5) is 0 Å². The largest absolute Gasteiger partial charge is 0.508 e. The molecule has 1 saturated heterocycles. The fraction of sp³-hybridized carbons (Fsp3) is 0.529. The number of thiocarbonyl (C=S) groups is 1. The van der Waals surface area contributed by atoms with Crippen molar-refractivity contribution in [1.29, 1.82) is 0 Å². The second-order valence-electron chi connectivity index (χ2n) is 13.3. The fourth-order valence-corrected chi connectivity index (χ4v) is 7.89. The summed E-state index contributed by atoms with van der Waals surface area (Å²) in [5, 5.41) is 13.2. The molecule has 9 nitrogen and oxygen atoms in total. The van der Waals surface area contributed by atoms with Crippen molar-refractivity contribution in [3.05, 3.63) is 40.5 Å². The van der Waals surface area contributed by atoms with E-state index in [1.807, 2.05) is 11.0 Å². The number of hydrogen-bond donors (Lipinski definition) is 2. The van der Waals surface area contributed by atoms with Crippen LogP contribution in [-0.2, 0) is 25.5 Å². The van der Waals surface area contributed by atoms with Crippen LogP contribution >= 0.6 is 24.0 Å². The molecule has 1 aromatic carbocycles. The van der Waals surface area contributed by atoms with Crippen molar-refractivity contribution >= 4 is 52.2 Å². The van der Waals surface area contributed by atoms with Gasteiger partial charge in [-0.2, -0.15) is 0 Å². The van der Waals surface area contributed by atoms with E-state index in [-0.39, 0.29) is 30.0 Å². The second-order valence-corrected chi connectivity index (χ2v) is 15.0. The van der Waals surface area contributed by atoms with Gasteiger partial charge in [0, 0.05) is 36.2 Å². The lowest BCUT2D eigenvalue weighted by molar-refractivity contribution is -0.157. The number of carbonyl (C=O) groups is 3. The summed E-state index contributed by atoms with van der Waals surface area (Å²) in [4.78, 5) is 40.8. The number of furan rings is 1. The van der Waals surface area contributed by atoms with Gasteiger partial charge in [-0.1, -0.05) is 37.3 Å². The zero-order valence-electron chi connectivity index (χ0n) is 26.5. The van der Waals surface area contributed by atoms with Crippen LogP contribution in [0.25, 0.3) is 17.4 Å². The molecule has 5 rings (SSSR count). The number of hydrogen-bond acceptors (Lipinski definition) is 9. The molecule has 3 aliphatic rings. The van der Waals surface area contributed by atoms with Crippen molar-refractivity contribution in [3.8, 4) is 22.8 Å². The molecule has 2 saturated carbocycles. The van der Waals surface area contributed by atoms with E-state index in [4.69, 9.17) is 26.1 Å². The molecule has 3 unspecified atom stereocenters. The maximum absolute atomic E-state index is 13.6. The monoisotopic (exact) mass is 654 g/mol. The lowest BCUT2D eigenvalue weighted by atomic mass is 9.94. The summed E-state index contributed by atoms with van der Waals surface area (Å²) in [6.07, 6.45) is 7.52. The third-order valence-electron chi connectivity index (χ3n) is 8.63. The molecule has 1 aromatic heterocycles. The Bertz CT molecular complexity index is 1510. The molecule has 2 amide bonds. The summed E-state index contributed by atoms with van der Waals surface area (Å²) >= 11 is 7.00. The Kier molecular flexibility index (Phi) is 9.98. The standard InChI is InChI=1S/C34H42N2O7S2/c1-19(11-30(38)43-34(2,3)4)31(39)35-10-6-7-22-16-27(23-14-24(37)17-25(15-23)41-5)42-28(22)18-29-32(40)36(33(44)45-29)26-13-20-8-9-21(26)12-20/h14-21,26,37H,6-13H2,1-5H3,(H,35,39)/b29-18-/t19-,20?,21?,26?/m0/s1. The smallest absolute Gasteiger partial charge is 0.307 e. The third-order valence-corrected chi connectivity index (χ3v) is 9.96. The number of methoxy groups -OCH3 is 1. The van der Waals surface area contributed by atoms with Crippen LogP contribution in [0.5, 0.6) is 11.5 Å². The van der Waals surface area contributed by atoms with Gasteiger partial charge in [-0.05, 0) is 88.5 Å². The number of fused-ring (bicyclic) bond motifs is 2. The van der Waals surface area contributed by atoms with Crippen molar-refractivity contribution in [2.45, 2.75) is 84.3 Å². The average Bonchev–Trinajstić information content (AvgIpc) is 3.74. The van der Waals surface area contributed by atoms with E-state index >= 15 is 0 Å². The number of phenolic OH excluding ortho intramolecular Hbond substituents is 1. The highest BCUT2D eigenvalue weighted by Gasteiger charge is 2.48. The number of aryl methyl sites for hydroxylation is 1. The Hall–Kier alpha value is -3.31. The third kappa shape index (κ3) is 7.92. The van der Waals surface area contributed by atoms with Crippen molar-refractivity contribution in [2.75, 3.05) is 13.7 Å². The number of nitrogens with zero attached hydrogens (tertiary/aromatic N) is 1. The molecule has 2 heterocycles. The molecule has 1 aliphatic heterocycles. The molecule has 11 heteroatoms. The van der Waals surface area contributed by atoms with Crippen LogP contribution in [0.2, 0.25) is 0 Å². The molecule has 3 fully saturated rings. The van der Waals surface area contributed by atoms with Crippen molar-refractivity contribution in [3.63, 3.8) is 0 Å². The summed E-state index contributed by atoms with van der Waals surface area (Å²) in [6, 6.07) is 6.95. The maximum Gasteiger partial charge on any atom is 0.307 e. The Morgan fingerprint density at radius 1 is 1.22 bits per heavy atom.